The first kappa shape index (κ1) is 19.9. The number of rotatable bonds is 6. The van der Waals surface area contributed by atoms with Gasteiger partial charge in [-0.2, -0.15) is 20.1 Å². The number of hydrazone groups is 1. The lowest BCUT2D eigenvalue weighted by Gasteiger charge is -2.30. The summed E-state index contributed by atoms with van der Waals surface area (Å²) in [6.45, 7) is 5.32. The topological polar surface area (TPSA) is 131 Å². The predicted molar refractivity (Wildman–Crippen MR) is 110 cm³/mol. The highest BCUT2D eigenvalue weighted by atomic mass is 16.6. The van der Waals surface area contributed by atoms with Gasteiger partial charge in [-0.25, -0.2) is 5.43 Å². The molecule has 2 aliphatic heterocycles. The van der Waals surface area contributed by atoms with Crippen LogP contribution in [0.15, 0.2) is 29.4 Å². The molecular weight excluding hydrogens is 392 g/mol. The van der Waals surface area contributed by atoms with E-state index >= 15 is 0 Å². The van der Waals surface area contributed by atoms with Crippen LogP contribution in [0.2, 0.25) is 0 Å². The molecule has 0 unspecified atom stereocenters. The van der Waals surface area contributed by atoms with Crippen LogP contribution in [0.4, 0.5) is 23.5 Å². The van der Waals surface area contributed by atoms with Crippen LogP contribution < -0.4 is 15.2 Å². The number of nitrogens with zero attached hydrogens (tertiary/aromatic N) is 7. The summed E-state index contributed by atoms with van der Waals surface area (Å²) in [5, 5.41) is 14.9. The van der Waals surface area contributed by atoms with Crippen molar-refractivity contribution < 1.29 is 14.4 Å². The lowest BCUT2D eigenvalue weighted by Crippen LogP contribution is -2.40. The summed E-state index contributed by atoms with van der Waals surface area (Å²) in [6, 6.07) is 6.10. The Morgan fingerprint density at radius 3 is 1.97 bits per heavy atom. The Bertz CT molecular complexity index is 859. The molecule has 0 bridgehead atoms. The minimum atomic E-state index is -0.440. The molecule has 1 N–H and O–H groups in total. The molecule has 12 nitrogen and oxygen atoms in total. The highest BCUT2D eigenvalue weighted by Crippen LogP contribution is 2.19. The second kappa shape index (κ2) is 9.41. The van der Waals surface area contributed by atoms with Gasteiger partial charge in [0, 0.05) is 38.3 Å². The van der Waals surface area contributed by atoms with E-state index in [0.29, 0.717) is 76.0 Å². The van der Waals surface area contributed by atoms with Gasteiger partial charge < -0.3 is 19.3 Å². The third kappa shape index (κ3) is 4.96. The van der Waals surface area contributed by atoms with Crippen molar-refractivity contribution in [3.05, 3.63) is 39.9 Å². The summed E-state index contributed by atoms with van der Waals surface area (Å²) in [5.41, 5.74) is 3.59. The Morgan fingerprint density at radius 2 is 1.47 bits per heavy atom. The van der Waals surface area contributed by atoms with Gasteiger partial charge in [-0.15, -0.1) is 0 Å². The van der Waals surface area contributed by atoms with Crippen LogP contribution in [0, 0.1) is 10.1 Å². The largest absolute Gasteiger partial charge is 0.378 e. The second-order valence-electron chi connectivity index (χ2n) is 6.68. The van der Waals surface area contributed by atoms with E-state index in [1.165, 1.54) is 12.1 Å². The van der Waals surface area contributed by atoms with E-state index in [1.807, 2.05) is 0 Å². The van der Waals surface area contributed by atoms with E-state index in [2.05, 4.69) is 35.3 Å². The standard InChI is InChI=1S/C18H22N8O4/c27-26(28)15-3-1-14(2-4-15)13-19-23-16-20-17(24-5-9-29-10-6-24)22-18(21-16)25-7-11-30-12-8-25/h1-4,13H,5-12H2,(H,20,21,22,23)/b19-13-. The molecule has 1 aromatic carbocycles. The molecule has 30 heavy (non-hydrogen) atoms. The highest BCUT2D eigenvalue weighted by molar-refractivity contribution is 5.80. The normalized spacial score (nSPS) is 17.3. The van der Waals surface area contributed by atoms with Gasteiger partial charge in [-0.3, -0.25) is 10.1 Å². The molecule has 4 rings (SSSR count). The Kier molecular flexibility index (Phi) is 6.25. The molecule has 0 radical (unpaired) electrons. The summed E-state index contributed by atoms with van der Waals surface area (Å²) in [5.74, 6) is 1.47. The quantitative estimate of drug-likeness (QED) is 0.413. The van der Waals surface area contributed by atoms with Crippen molar-refractivity contribution >= 4 is 29.7 Å². The summed E-state index contributed by atoms with van der Waals surface area (Å²) in [6.07, 6.45) is 1.55. The first-order chi connectivity index (χ1) is 14.7. The van der Waals surface area contributed by atoms with Crippen molar-refractivity contribution in [2.45, 2.75) is 0 Å². The maximum absolute atomic E-state index is 10.7. The van der Waals surface area contributed by atoms with Crippen LogP contribution in [-0.2, 0) is 9.47 Å². The van der Waals surface area contributed by atoms with Crippen LogP contribution in [0.25, 0.3) is 0 Å². The van der Waals surface area contributed by atoms with E-state index in [-0.39, 0.29) is 5.69 Å². The first-order valence-corrected chi connectivity index (χ1v) is 9.64. The number of ether oxygens (including phenoxy) is 2. The minimum Gasteiger partial charge on any atom is -0.378 e. The predicted octanol–water partition coefficient (Wildman–Crippen LogP) is 0.899. The van der Waals surface area contributed by atoms with Crippen LogP contribution in [0.1, 0.15) is 5.56 Å². The molecular formula is C18H22N8O4. The van der Waals surface area contributed by atoms with Gasteiger partial charge in [0.1, 0.15) is 0 Å². The fraction of sp³-hybridized carbons (Fsp3) is 0.444. The zero-order valence-electron chi connectivity index (χ0n) is 16.3. The van der Waals surface area contributed by atoms with Crippen molar-refractivity contribution in [3.63, 3.8) is 0 Å². The highest BCUT2D eigenvalue weighted by Gasteiger charge is 2.20. The SMILES string of the molecule is O=[N+]([O-])c1ccc(/C=N\Nc2nc(N3CCOCC3)nc(N3CCOCC3)n2)cc1. The van der Waals surface area contributed by atoms with Crippen molar-refractivity contribution in [1.82, 2.24) is 15.0 Å². The zero-order valence-corrected chi connectivity index (χ0v) is 16.3. The Balaban J connectivity index is 1.52. The number of nitro benzene ring substituents is 1. The minimum absolute atomic E-state index is 0.0304. The van der Waals surface area contributed by atoms with Crippen molar-refractivity contribution in [2.75, 3.05) is 67.8 Å². The molecule has 0 aliphatic carbocycles. The number of benzene rings is 1. The van der Waals surface area contributed by atoms with Gasteiger partial charge in [0.05, 0.1) is 37.6 Å². The van der Waals surface area contributed by atoms with E-state index in [0.717, 1.165) is 0 Å². The monoisotopic (exact) mass is 414 g/mol. The van der Waals surface area contributed by atoms with Gasteiger partial charge in [0.25, 0.3) is 5.69 Å². The maximum atomic E-state index is 10.7. The lowest BCUT2D eigenvalue weighted by atomic mass is 10.2. The van der Waals surface area contributed by atoms with Gasteiger partial charge in [0.15, 0.2) is 0 Å². The van der Waals surface area contributed by atoms with Crippen molar-refractivity contribution in [1.29, 1.82) is 0 Å². The lowest BCUT2D eigenvalue weighted by molar-refractivity contribution is -0.384. The molecule has 0 spiro atoms. The molecule has 2 saturated heterocycles. The Hall–Kier alpha value is -3.38. The third-order valence-corrected chi connectivity index (χ3v) is 4.68. The fourth-order valence-electron chi connectivity index (χ4n) is 3.06. The van der Waals surface area contributed by atoms with E-state index in [4.69, 9.17) is 9.47 Å². The average molecular weight is 414 g/mol. The van der Waals surface area contributed by atoms with Crippen molar-refractivity contribution in [2.24, 2.45) is 5.10 Å². The molecule has 0 atom stereocenters. The van der Waals surface area contributed by atoms with E-state index in [9.17, 15) is 10.1 Å². The maximum Gasteiger partial charge on any atom is 0.269 e. The van der Waals surface area contributed by atoms with Crippen LogP contribution >= 0.6 is 0 Å². The van der Waals surface area contributed by atoms with E-state index < -0.39 is 4.92 Å². The van der Waals surface area contributed by atoms with Gasteiger partial charge in [-0.05, 0) is 17.7 Å². The van der Waals surface area contributed by atoms with Crippen LogP contribution in [-0.4, -0.2) is 78.7 Å². The second-order valence-corrected chi connectivity index (χ2v) is 6.68. The molecule has 0 amide bonds. The third-order valence-electron chi connectivity index (χ3n) is 4.68. The Morgan fingerprint density at radius 1 is 0.933 bits per heavy atom. The number of anilines is 3. The zero-order chi connectivity index (χ0) is 20.8. The average Bonchev–Trinajstić information content (AvgIpc) is 2.80. The number of morpholine rings is 2. The smallest absolute Gasteiger partial charge is 0.269 e. The molecule has 3 heterocycles. The number of nitrogens with one attached hydrogen (secondary N) is 1. The first-order valence-electron chi connectivity index (χ1n) is 9.64. The van der Waals surface area contributed by atoms with Crippen molar-refractivity contribution in [3.8, 4) is 0 Å². The number of hydrogen-bond acceptors (Lipinski definition) is 11. The summed E-state index contributed by atoms with van der Waals surface area (Å²) >= 11 is 0. The molecule has 2 fully saturated rings. The number of hydrogen-bond donors (Lipinski definition) is 1. The number of nitro groups is 1. The molecule has 0 saturated carbocycles. The summed E-state index contributed by atoms with van der Waals surface area (Å²) in [4.78, 5) is 28.1. The van der Waals surface area contributed by atoms with E-state index in [1.54, 1.807) is 18.3 Å². The number of non-ortho nitro benzene ring substituents is 1. The van der Waals surface area contributed by atoms with Gasteiger partial charge in [-0.1, -0.05) is 0 Å². The molecule has 158 valence electrons. The summed E-state index contributed by atoms with van der Waals surface area (Å²) in [7, 11) is 0. The van der Waals surface area contributed by atoms with Crippen LogP contribution in [0.5, 0.6) is 0 Å². The molecule has 12 heteroatoms. The van der Waals surface area contributed by atoms with Gasteiger partial charge >= 0.3 is 0 Å². The molecule has 1 aromatic heterocycles. The molecule has 2 aromatic rings. The molecule has 2 aliphatic rings. The fourth-order valence-corrected chi connectivity index (χ4v) is 3.06. The summed E-state index contributed by atoms with van der Waals surface area (Å²) < 4.78 is 10.8. The van der Waals surface area contributed by atoms with Gasteiger partial charge in [0.2, 0.25) is 17.8 Å². The Labute approximate surface area is 172 Å². The number of aromatic nitrogens is 3. The van der Waals surface area contributed by atoms with Crippen LogP contribution in [0.3, 0.4) is 0 Å².